The summed E-state index contributed by atoms with van der Waals surface area (Å²) < 4.78 is 5.28. The second kappa shape index (κ2) is 6.16. The Balaban J connectivity index is 0.00000144. The number of benzene rings is 1. The van der Waals surface area contributed by atoms with Crippen LogP contribution in [-0.2, 0) is 4.74 Å². The maximum atomic E-state index is 10.9. The van der Waals surface area contributed by atoms with Gasteiger partial charge in [0.1, 0.15) is 0 Å². The molecule has 94 valence electrons. The van der Waals surface area contributed by atoms with Gasteiger partial charge in [0, 0.05) is 17.6 Å². The van der Waals surface area contributed by atoms with Crippen LogP contribution in [0.5, 0.6) is 0 Å². The molecule has 0 aliphatic carbocycles. The van der Waals surface area contributed by atoms with Crippen molar-refractivity contribution in [3.8, 4) is 0 Å². The number of nitrogens with one attached hydrogen (secondary N) is 1. The highest BCUT2D eigenvalue weighted by molar-refractivity contribution is 6.30. The van der Waals surface area contributed by atoms with Crippen molar-refractivity contribution in [3.63, 3.8) is 0 Å². The number of hydrogen-bond donors (Lipinski definition) is 1. The lowest BCUT2D eigenvalue weighted by molar-refractivity contribution is -0.385. The van der Waals surface area contributed by atoms with Gasteiger partial charge in [-0.3, -0.25) is 10.1 Å². The summed E-state index contributed by atoms with van der Waals surface area (Å²) in [6, 6.07) is 4.40. The van der Waals surface area contributed by atoms with Gasteiger partial charge < -0.3 is 10.1 Å². The lowest BCUT2D eigenvalue weighted by atomic mass is 10.0. The van der Waals surface area contributed by atoms with Crippen LogP contribution in [-0.4, -0.2) is 24.7 Å². The summed E-state index contributed by atoms with van der Waals surface area (Å²) in [5, 5.41) is 14.5. The van der Waals surface area contributed by atoms with E-state index < -0.39 is 4.92 Å². The average molecular weight is 279 g/mol. The quantitative estimate of drug-likeness (QED) is 0.666. The van der Waals surface area contributed by atoms with Crippen molar-refractivity contribution >= 4 is 29.7 Å². The highest BCUT2D eigenvalue weighted by atomic mass is 35.5. The highest BCUT2D eigenvalue weighted by Crippen LogP contribution is 2.29. The van der Waals surface area contributed by atoms with Gasteiger partial charge in [-0.2, -0.15) is 0 Å². The number of hydrogen-bond acceptors (Lipinski definition) is 4. The fourth-order valence-corrected chi connectivity index (χ4v) is 1.92. The van der Waals surface area contributed by atoms with E-state index in [1.54, 1.807) is 6.07 Å². The zero-order chi connectivity index (χ0) is 11.5. The van der Waals surface area contributed by atoms with Crippen LogP contribution in [0.25, 0.3) is 0 Å². The second-order valence-corrected chi connectivity index (χ2v) is 3.98. The van der Waals surface area contributed by atoms with Crippen molar-refractivity contribution in [2.45, 2.75) is 6.04 Å². The maximum absolute atomic E-state index is 10.9. The molecule has 0 spiro atoms. The second-order valence-electron chi connectivity index (χ2n) is 3.54. The van der Waals surface area contributed by atoms with E-state index in [2.05, 4.69) is 5.32 Å². The van der Waals surface area contributed by atoms with Crippen molar-refractivity contribution in [3.05, 3.63) is 38.9 Å². The number of nitrogens with zero attached hydrogens (tertiary/aromatic N) is 1. The molecule has 1 saturated heterocycles. The first kappa shape index (κ1) is 14.2. The molecule has 1 heterocycles. The molecule has 0 radical (unpaired) electrons. The smallest absolute Gasteiger partial charge is 0.274 e. The molecule has 7 heteroatoms. The third-order valence-electron chi connectivity index (χ3n) is 2.48. The Labute approximate surface area is 110 Å². The Bertz CT molecular complexity index is 409. The molecular weight excluding hydrogens is 267 g/mol. The summed E-state index contributed by atoms with van der Waals surface area (Å²) in [4.78, 5) is 10.5. The van der Waals surface area contributed by atoms with Gasteiger partial charge in [0.25, 0.3) is 5.69 Å². The SMILES string of the molecule is Cl.O=[N+]([O-])c1ccc(Cl)cc1[C@H]1COCCN1. The summed E-state index contributed by atoms with van der Waals surface area (Å²) in [5.74, 6) is 0. The molecule has 2 rings (SSSR count). The average Bonchev–Trinajstić information content (AvgIpc) is 2.29. The van der Waals surface area contributed by atoms with E-state index in [-0.39, 0.29) is 24.1 Å². The number of morpholine rings is 1. The number of nitro benzene ring substituents is 1. The van der Waals surface area contributed by atoms with Gasteiger partial charge in [-0.15, -0.1) is 12.4 Å². The molecular formula is C10H12Cl2N2O3. The fourth-order valence-electron chi connectivity index (χ4n) is 1.74. The fraction of sp³-hybridized carbons (Fsp3) is 0.400. The van der Waals surface area contributed by atoms with Crippen molar-refractivity contribution < 1.29 is 9.66 Å². The van der Waals surface area contributed by atoms with Crippen molar-refractivity contribution in [1.82, 2.24) is 5.32 Å². The molecule has 0 unspecified atom stereocenters. The molecule has 1 N–H and O–H groups in total. The van der Waals surface area contributed by atoms with Crippen LogP contribution in [0, 0.1) is 10.1 Å². The standard InChI is InChI=1S/C10H11ClN2O3.ClH/c11-7-1-2-10(13(14)15)8(5-7)9-6-16-4-3-12-9;/h1-2,5,9,12H,3-4,6H2;1H/t9-;/m1./s1. The van der Waals surface area contributed by atoms with Crippen LogP contribution in [0.2, 0.25) is 5.02 Å². The molecule has 1 aliphatic rings. The molecule has 0 saturated carbocycles. The van der Waals surface area contributed by atoms with E-state index in [1.807, 2.05) is 0 Å². The largest absolute Gasteiger partial charge is 0.378 e. The molecule has 1 aromatic rings. The number of ether oxygens (including phenoxy) is 1. The van der Waals surface area contributed by atoms with E-state index in [1.165, 1.54) is 12.1 Å². The summed E-state index contributed by atoms with van der Waals surface area (Å²) in [6.07, 6.45) is 0. The number of nitro groups is 1. The first-order chi connectivity index (χ1) is 7.68. The predicted molar refractivity (Wildman–Crippen MR) is 66.9 cm³/mol. The van der Waals surface area contributed by atoms with Crippen LogP contribution in [0.3, 0.4) is 0 Å². The summed E-state index contributed by atoms with van der Waals surface area (Å²) in [6.45, 7) is 1.75. The Morgan fingerprint density at radius 3 is 2.88 bits per heavy atom. The normalized spacial score (nSPS) is 19.5. The highest BCUT2D eigenvalue weighted by Gasteiger charge is 2.24. The Morgan fingerprint density at radius 1 is 1.53 bits per heavy atom. The van der Waals surface area contributed by atoms with E-state index >= 15 is 0 Å². The molecule has 0 bridgehead atoms. The van der Waals surface area contributed by atoms with Crippen LogP contribution in [0.1, 0.15) is 11.6 Å². The zero-order valence-corrected chi connectivity index (χ0v) is 10.5. The molecule has 0 amide bonds. The molecule has 1 aliphatic heterocycles. The third-order valence-corrected chi connectivity index (χ3v) is 2.72. The molecule has 0 aromatic heterocycles. The lowest BCUT2D eigenvalue weighted by Gasteiger charge is -2.23. The minimum Gasteiger partial charge on any atom is -0.378 e. The summed E-state index contributed by atoms with van der Waals surface area (Å²) in [5.41, 5.74) is 0.657. The van der Waals surface area contributed by atoms with Gasteiger partial charge in [-0.05, 0) is 12.1 Å². The van der Waals surface area contributed by atoms with Crippen molar-refractivity contribution in [2.24, 2.45) is 0 Å². The monoisotopic (exact) mass is 278 g/mol. The van der Waals surface area contributed by atoms with Crippen LogP contribution < -0.4 is 5.32 Å². The Kier molecular flexibility index (Phi) is 5.14. The molecule has 1 aromatic carbocycles. The first-order valence-corrected chi connectivity index (χ1v) is 5.31. The Morgan fingerprint density at radius 2 is 2.29 bits per heavy atom. The van der Waals surface area contributed by atoms with Crippen LogP contribution in [0.4, 0.5) is 5.69 Å². The van der Waals surface area contributed by atoms with E-state index in [0.29, 0.717) is 30.3 Å². The lowest BCUT2D eigenvalue weighted by Crippen LogP contribution is -2.34. The van der Waals surface area contributed by atoms with Crippen molar-refractivity contribution in [1.29, 1.82) is 0 Å². The van der Waals surface area contributed by atoms with Gasteiger partial charge in [0.15, 0.2) is 0 Å². The number of halogens is 2. The van der Waals surface area contributed by atoms with Gasteiger partial charge >= 0.3 is 0 Å². The topological polar surface area (TPSA) is 64.4 Å². The van der Waals surface area contributed by atoms with Crippen LogP contribution in [0.15, 0.2) is 18.2 Å². The van der Waals surface area contributed by atoms with Crippen molar-refractivity contribution in [2.75, 3.05) is 19.8 Å². The minimum atomic E-state index is -0.401. The zero-order valence-electron chi connectivity index (χ0n) is 8.89. The minimum absolute atomic E-state index is 0. The maximum Gasteiger partial charge on any atom is 0.274 e. The van der Waals surface area contributed by atoms with E-state index in [4.69, 9.17) is 16.3 Å². The molecule has 1 atom stereocenters. The van der Waals surface area contributed by atoms with Gasteiger partial charge in [0.05, 0.1) is 29.7 Å². The molecule has 17 heavy (non-hydrogen) atoms. The van der Waals surface area contributed by atoms with E-state index in [9.17, 15) is 10.1 Å². The van der Waals surface area contributed by atoms with Gasteiger partial charge in [-0.25, -0.2) is 0 Å². The summed E-state index contributed by atoms with van der Waals surface area (Å²) >= 11 is 5.85. The molecule has 5 nitrogen and oxygen atoms in total. The van der Waals surface area contributed by atoms with Gasteiger partial charge in [-0.1, -0.05) is 11.6 Å². The Hall–Kier alpha value is -0.880. The van der Waals surface area contributed by atoms with E-state index in [0.717, 1.165) is 0 Å². The first-order valence-electron chi connectivity index (χ1n) is 4.93. The molecule has 1 fully saturated rings. The van der Waals surface area contributed by atoms with Gasteiger partial charge in [0.2, 0.25) is 0 Å². The van der Waals surface area contributed by atoms with Crippen LogP contribution >= 0.6 is 24.0 Å². The third kappa shape index (κ3) is 3.29. The number of rotatable bonds is 2. The summed E-state index contributed by atoms with van der Waals surface area (Å²) in [7, 11) is 0. The predicted octanol–water partition coefficient (Wildman–Crippen LogP) is 2.33.